The second-order valence-corrected chi connectivity index (χ2v) is 2.95. The molecule has 1 atom stereocenters. The fourth-order valence-corrected chi connectivity index (χ4v) is 1.29. The van der Waals surface area contributed by atoms with Gasteiger partial charge in [-0.15, -0.1) is 0 Å². The van der Waals surface area contributed by atoms with Gasteiger partial charge in [0.1, 0.15) is 11.8 Å². The number of hydrogen-bond donors (Lipinski definition) is 2. The molecule has 0 aliphatic rings. The number of ether oxygens (including phenoxy) is 1. The number of esters is 1. The maximum atomic E-state index is 11.2. The van der Waals surface area contributed by atoms with Crippen LogP contribution in [0, 0.1) is 0 Å². The SMILES string of the molecule is COC(=O)c1ccc([C@H](O)CN)n1C. The van der Waals surface area contributed by atoms with E-state index in [2.05, 4.69) is 4.74 Å². The van der Waals surface area contributed by atoms with E-state index in [0.717, 1.165) is 0 Å². The van der Waals surface area contributed by atoms with Gasteiger partial charge in [0.05, 0.1) is 7.11 Å². The van der Waals surface area contributed by atoms with Gasteiger partial charge in [0.15, 0.2) is 0 Å². The fraction of sp³-hybridized carbons (Fsp3) is 0.444. The Balaban J connectivity index is 3.02. The molecule has 1 aromatic heterocycles. The minimum Gasteiger partial charge on any atom is -0.464 e. The first-order valence-corrected chi connectivity index (χ1v) is 4.23. The minimum absolute atomic E-state index is 0.123. The smallest absolute Gasteiger partial charge is 0.354 e. The molecule has 0 saturated heterocycles. The summed E-state index contributed by atoms with van der Waals surface area (Å²) in [6.07, 6.45) is -0.751. The summed E-state index contributed by atoms with van der Waals surface area (Å²) in [6.45, 7) is 0.123. The van der Waals surface area contributed by atoms with Crippen LogP contribution in [-0.4, -0.2) is 29.3 Å². The molecular weight excluding hydrogens is 184 g/mol. The summed E-state index contributed by atoms with van der Waals surface area (Å²) in [5.74, 6) is -0.428. The van der Waals surface area contributed by atoms with Crippen molar-refractivity contribution >= 4 is 5.97 Å². The summed E-state index contributed by atoms with van der Waals surface area (Å²) >= 11 is 0. The zero-order valence-electron chi connectivity index (χ0n) is 8.23. The Morgan fingerprint density at radius 1 is 1.71 bits per heavy atom. The number of aliphatic hydroxyl groups is 1. The molecule has 14 heavy (non-hydrogen) atoms. The molecule has 5 heteroatoms. The Hall–Kier alpha value is -1.33. The van der Waals surface area contributed by atoms with E-state index in [1.165, 1.54) is 7.11 Å². The third-order valence-corrected chi connectivity index (χ3v) is 2.12. The van der Waals surface area contributed by atoms with Crippen LogP contribution in [0.3, 0.4) is 0 Å². The second kappa shape index (κ2) is 4.26. The summed E-state index contributed by atoms with van der Waals surface area (Å²) in [4.78, 5) is 11.2. The summed E-state index contributed by atoms with van der Waals surface area (Å²) in [5, 5.41) is 9.48. The molecule has 1 rings (SSSR count). The summed E-state index contributed by atoms with van der Waals surface area (Å²) in [7, 11) is 2.99. The number of carbonyl (C=O) groups excluding carboxylic acids is 1. The van der Waals surface area contributed by atoms with Crippen molar-refractivity contribution in [3.05, 3.63) is 23.5 Å². The van der Waals surface area contributed by atoms with Crippen molar-refractivity contribution in [2.75, 3.05) is 13.7 Å². The van der Waals surface area contributed by atoms with E-state index < -0.39 is 12.1 Å². The lowest BCUT2D eigenvalue weighted by Crippen LogP contribution is -2.16. The largest absolute Gasteiger partial charge is 0.464 e. The number of aromatic nitrogens is 1. The van der Waals surface area contributed by atoms with Gasteiger partial charge < -0.3 is 20.1 Å². The van der Waals surface area contributed by atoms with Crippen LogP contribution in [0.5, 0.6) is 0 Å². The Morgan fingerprint density at radius 2 is 2.36 bits per heavy atom. The highest BCUT2D eigenvalue weighted by atomic mass is 16.5. The highest BCUT2D eigenvalue weighted by molar-refractivity contribution is 5.87. The van der Waals surface area contributed by atoms with E-state index in [-0.39, 0.29) is 6.54 Å². The summed E-state index contributed by atoms with van der Waals surface area (Å²) < 4.78 is 6.14. The number of hydrogen-bond acceptors (Lipinski definition) is 4. The van der Waals surface area contributed by atoms with E-state index in [4.69, 9.17) is 5.73 Å². The van der Waals surface area contributed by atoms with Crippen molar-refractivity contribution in [3.63, 3.8) is 0 Å². The molecule has 1 heterocycles. The molecule has 0 amide bonds. The fourth-order valence-electron chi connectivity index (χ4n) is 1.29. The molecule has 0 unspecified atom stereocenters. The molecule has 0 saturated carbocycles. The Labute approximate surface area is 82.1 Å². The number of nitrogens with zero attached hydrogens (tertiary/aromatic N) is 1. The predicted octanol–water partition coefficient (Wildman–Crippen LogP) is -0.196. The van der Waals surface area contributed by atoms with Crippen LogP contribution in [0.1, 0.15) is 22.3 Å². The minimum atomic E-state index is -0.751. The zero-order valence-corrected chi connectivity index (χ0v) is 8.23. The van der Waals surface area contributed by atoms with Gasteiger partial charge in [-0.3, -0.25) is 0 Å². The van der Waals surface area contributed by atoms with E-state index >= 15 is 0 Å². The van der Waals surface area contributed by atoms with Gasteiger partial charge >= 0.3 is 5.97 Å². The van der Waals surface area contributed by atoms with Crippen molar-refractivity contribution < 1.29 is 14.6 Å². The molecule has 0 aromatic carbocycles. The van der Waals surface area contributed by atoms with Gasteiger partial charge in [0.25, 0.3) is 0 Å². The Bertz CT molecular complexity index is 333. The molecule has 3 N–H and O–H groups in total. The maximum absolute atomic E-state index is 11.2. The lowest BCUT2D eigenvalue weighted by Gasteiger charge is -2.10. The highest BCUT2D eigenvalue weighted by Gasteiger charge is 2.16. The first-order valence-electron chi connectivity index (χ1n) is 4.23. The topological polar surface area (TPSA) is 77.5 Å². The van der Waals surface area contributed by atoms with E-state index in [0.29, 0.717) is 11.4 Å². The third-order valence-electron chi connectivity index (χ3n) is 2.12. The van der Waals surface area contributed by atoms with E-state index in [1.807, 2.05) is 0 Å². The van der Waals surface area contributed by atoms with E-state index in [9.17, 15) is 9.90 Å². The van der Waals surface area contributed by atoms with Crippen LogP contribution in [0.2, 0.25) is 0 Å². The van der Waals surface area contributed by atoms with Crippen molar-refractivity contribution in [2.24, 2.45) is 12.8 Å². The van der Waals surface area contributed by atoms with Crippen molar-refractivity contribution in [1.82, 2.24) is 4.57 Å². The van der Waals surface area contributed by atoms with Crippen LogP contribution in [0.25, 0.3) is 0 Å². The van der Waals surface area contributed by atoms with Gasteiger partial charge in [-0.05, 0) is 12.1 Å². The molecule has 0 radical (unpaired) electrons. The molecule has 5 nitrogen and oxygen atoms in total. The molecule has 78 valence electrons. The quantitative estimate of drug-likeness (QED) is 0.659. The van der Waals surface area contributed by atoms with Gasteiger partial charge in [-0.1, -0.05) is 0 Å². The van der Waals surface area contributed by atoms with Gasteiger partial charge in [0, 0.05) is 19.3 Å². The van der Waals surface area contributed by atoms with Crippen molar-refractivity contribution in [1.29, 1.82) is 0 Å². The number of methoxy groups -OCH3 is 1. The molecule has 0 aliphatic heterocycles. The third kappa shape index (κ3) is 1.78. The van der Waals surface area contributed by atoms with Crippen molar-refractivity contribution in [2.45, 2.75) is 6.10 Å². The standard InChI is InChI=1S/C9H14N2O3/c1-11-6(8(12)5-10)3-4-7(11)9(13)14-2/h3-4,8,12H,5,10H2,1-2H3/t8-/m1/s1. The lowest BCUT2D eigenvalue weighted by molar-refractivity contribution is 0.0588. The average Bonchev–Trinajstić information content (AvgIpc) is 2.58. The number of aliphatic hydroxyl groups excluding tert-OH is 1. The van der Waals surface area contributed by atoms with Crippen LogP contribution in [0.15, 0.2) is 12.1 Å². The van der Waals surface area contributed by atoms with Gasteiger partial charge in [-0.2, -0.15) is 0 Å². The van der Waals surface area contributed by atoms with Crippen LogP contribution in [0.4, 0.5) is 0 Å². The lowest BCUT2D eigenvalue weighted by atomic mass is 10.2. The predicted molar refractivity (Wildman–Crippen MR) is 50.8 cm³/mol. The van der Waals surface area contributed by atoms with Crippen LogP contribution >= 0.6 is 0 Å². The van der Waals surface area contributed by atoms with Crippen LogP contribution < -0.4 is 5.73 Å². The second-order valence-electron chi connectivity index (χ2n) is 2.95. The van der Waals surface area contributed by atoms with Crippen LogP contribution in [-0.2, 0) is 11.8 Å². The maximum Gasteiger partial charge on any atom is 0.354 e. The van der Waals surface area contributed by atoms with Gasteiger partial charge in [-0.25, -0.2) is 4.79 Å². The van der Waals surface area contributed by atoms with Crippen molar-refractivity contribution in [3.8, 4) is 0 Å². The zero-order chi connectivity index (χ0) is 10.7. The summed E-state index contributed by atoms with van der Waals surface area (Å²) in [5.41, 5.74) is 6.31. The first kappa shape index (κ1) is 10.7. The Kier molecular flexibility index (Phi) is 3.27. The normalized spacial score (nSPS) is 12.6. The number of nitrogens with two attached hydrogens (primary N) is 1. The van der Waals surface area contributed by atoms with Gasteiger partial charge in [0.2, 0.25) is 0 Å². The molecule has 0 spiro atoms. The molecule has 0 aliphatic carbocycles. The highest BCUT2D eigenvalue weighted by Crippen LogP contribution is 2.15. The number of rotatable bonds is 3. The average molecular weight is 198 g/mol. The molecular formula is C9H14N2O3. The summed E-state index contributed by atoms with van der Waals surface area (Å²) in [6, 6.07) is 3.25. The Morgan fingerprint density at radius 3 is 2.86 bits per heavy atom. The number of carbonyl (C=O) groups is 1. The molecule has 0 fully saturated rings. The molecule has 1 aromatic rings. The molecule has 0 bridgehead atoms. The monoisotopic (exact) mass is 198 g/mol. The first-order chi connectivity index (χ1) is 6.61. The van der Waals surface area contributed by atoms with E-state index in [1.54, 1.807) is 23.7 Å².